The van der Waals surface area contributed by atoms with Crippen LogP contribution in [-0.4, -0.2) is 6.61 Å². The fraction of sp³-hybridized carbons (Fsp3) is 0.667. The van der Waals surface area contributed by atoms with Gasteiger partial charge in [-0.05, 0) is 86.5 Å². The molecule has 0 saturated heterocycles. The number of hydrogen-bond acceptors (Lipinski definition) is 1. The number of allylic oxidation sites excluding steroid dienone is 1. The van der Waals surface area contributed by atoms with Crippen LogP contribution in [0.15, 0.2) is 17.7 Å². The van der Waals surface area contributed by atoms with Crippen LogP contribution in [-0.2, 0) is 0 Å². The summed E-state index contributed by atoms with van der Waals surface area (Å²) in [5.74, 6) is 1.05. The van der Waals surface area contributed by atoms with Gasteiger partial charge in [0.15, 0.2) is 11.6 Å². The van der Waals surface area contributed by atoms with Crippen molar-refractivity contribution in [2.75, 3.05) is 6.61 Å². The monoisotopic (exact) mass is 376 g/mol. The van der Waals surface area contributed by atoms with Crippen molar-refractivity contribution in [3.8, 4) is 5.75 Å². The summed E-state index contributed by atoms with van der Waals surface area (Å²) in [6.45, 7) is 6.01. The molecule has 2 aliphatic rings. The second-order valence-corrected chi connectivity index (χ2v) is 8.72. The Kier molecular flexibility index (Phi) is 6.94. The standard InChI is InChI=1S/C24H34F2O/c1-4-5-18-6-10-20(11-7-18)21-12-8-19(9-13-21)15-27-24-17(3)14-16(2)22(25)23(24)26/h8,14,18,20-21H,4-7,9-13,15H2,1-3H3. The van der Waals surface area contributed by atoms with E-state index in [2.05, 4.69) is 13.0 Å². The summed E-state index contributed by atoms with van der Waals surface area (Å²) < 4.78 is 33.6. The van der Waals surface area contributed by atoms with Crippen LogP contribution >= 0.6 is 0 Å². The Bertz CT molecular complexity index is 671. The highest BCUT2D eigenvalue weighted by Crippen LogP contribution is 2.40. The average Bonchev–Trinajstić information content (AvgIpc) is 2.67. The molecule has 1 saturated carbocycles. The first-order valence-electron chi connectivity index (χ1n) is 10.8. The summed E-state index contributed by atoms with van der Waals surface area (Å²) in [5.41, 5.74) is 2.21. The Morgan fingerprint density at radius 3 is 2.33 bits per heavy atom. The third-order valence-electron chi connectivity index (χ3n) is 6.73. The third-order valence-corrected chi connectivity index (χ3v) is 6.73. The number of ether oxygens (including phenoxy) is 1. The van der Waals surface area contributed by atoms with E-state index in [1.54, 1.807) is 19.9 Å². The number of benzene rings is 1. The number of rotatable bonds is 6. The highest BCUT2D eigenvalue weighted by atomic mass is 19.2. The molecule has 1 nitrogen and oxygen atoms in total. The van der Waals surface area contributed by atoms with E-state index >= 15 is 0 Å². The van der Waals surface area contributed by atoms with Crippen molar-refractivity contribution in [1.82, 2.24) is 0 Å². The van der Waals surface area contributed by atoms with Crippen molar-refractivity contribution in [2.24, 2.45) is 17.8 Å². The third kappa shape index (κ3) is 4.92. The van der Waals surface area contributed by atoms with E-state index in [-0.39, 0.29) is 5.75 Å². The first-order valence-corrected chi connectivity index (χ1v) is 10.8. The van der Waals surface area contributed by atoms with Gasteiger partial charge in [-0.1, -0.05) is 38.7 Å². The first-order chi connectivity index (χ1) is 13.0. The Labute approximate surface area is 163 Å². The molecule has 0 heterocycles. The highest BCUT2D eigenvalue weighted by molar-refractivity contribution is 5.38. The predicted octanol–water partition coefficient (Wildman–Crippen LogP) is 7.29. The van der Waals surface area contributed by atoms with Crippen LogP contribution in [0.1, 0.15) is 75.8 Å². The molecule has 1 fully saturated rings. The van der Waals surface area contributed by atoms with Gasteiger partial charge in [-0.15, -0.1) is 0 Å². The van der Waals surface area contributed by atoms with E-state index in [0.717, 1.165) is 30.6 Å². The van der Waals surface area contributed by atoms with Crippen LogP contribution in [0.5, 0.6) is 5.75 Å². The summed E-state index contributed by atoms with van der Waals surface area (Å²) >= 11 is 0. The van der Waals surface area contributed by atoms with Gasteiger partial charge in [-0.2, -0.15) is 4.39 Å². The van der Waals surface area contributed by atoms with E-state index in [1.165, 1.54) is 50.5 Å². The van der Waals surface area contributed by atoms with Crippen molar-refractivity contribution in [1.29, 1.82) is 0 Å². The quantitative estimate of drug-likeness (QED) is 0.474. The Morgan fingerprint density at radius 2 is 1.70 bits per heavy atom. The second kappa shape index (κ2) is 9.21. The normalized spacial score (nSPS) is 26.0. The zero-order valence-corrected chi connectivity index (χ0v) is 17.1. The Hall–Kier alpha value is -1.38. The lowest BCUT2D eigenvalue weighted by Gasteiger charge is -2.35. The Balaban J connectivity index is 1.51. The minimum Gasteiger partial charge on any atom is -0.486 e. The highest BCUT2D eigenvalue weighted by Gasteiger charge is 2.28. The molecule has 0 N–H and O–H groups in total. The molecule has 150 valence electrons. The van der Waals surface area contributed by atoms with Gasteiger partial charge in [0, 0.05) is 0 Å². The summed E-state index contributed by atoms with van der Waals surface area (Å²) in [6.07, 6.45) is 14.0. The molecule has 0 radical (unpaired) electrons. The lowest BCUT2D eigenvalue weighted by molar-refractivity contribution is 0.184. The minimum atomic E-state index is -0.856. The number of aryl methyl sites for hydroxylation is 2. The summed E-state index contributed by atoms with van der Waals surface area (Å²) in [7, 11) is 0. The molecule has 0 spiro atoms. The molecule has 0 bridgehead atoms. The van der Waals surface area contributed by atoms with Crippen molar-refractivity contribution < 1.29 is 13.5 Å². The molecular weight excluding hydrogens is 342 g/mol. The fourth-order valence-corrected chi connectivity index (χ4v) is 5.07. The predicted molar refractivity (Wildman–Crippen MR) is 107 cm³/mol. The van der Waals surface area contributed by atoms with Gasteiger partial charge in [0.1, 0.15) is 6.61 Å². The topological polar surface area (TPSA) is 9.23 Å². The largest absolute Gasteiger partial charge is 0.486 e. The van der Waals surface area contributed by atoms with Gasteiger partial charge in [0.05, 0.1) is 0 Å². The van der Waals surface area contributed by atoms with Gasteiger partial charge in [0.25, 0.3) is 0 Å². The van der Waals surface area contributed by atoms with Crippen molar-refractivity contribution in [3.05, 3.63) is 40.5 Å². The number of halogens is 2. The molecule has 1 aromatic carbocycles. The molecule has 27 heavy (non-hydrogen) atoms. The zero-order chi connectivity index (χ0) is 19.4. The molecule has 1 atom stereocenters. The van der Waals surface area contributed by atoms with E-state index < -0.39 is 11.6 Å². The smallest absolute Gasteiger partial charge is 0.201 e. The maximum Gasteiger partial charge on any atom is 0.201 e. The lowest BCUT2D eigenvalue weighted by atomic mass is 9.71. The molecule has 2 aliphatic carbocycles. The van der Waals surface area contributed by atoms with E-state index in [0.29, 0.717) is 17.7 Å². The van der Waals surface area contributed by atoms with Gasteiger partial charge in [-0.25, -0.2) is 4.39 Å². The molecule has 1 unspecified atom stereocenters. The van der Waals surface area contributed by atoms with Crippen LogP contribution in [0, 0.1) is 43.2 Å². The van der Waals surface area contributed by atoms with E-state index in [1.807, 2.05) is 0 Å². The van der Waals surface area contributed by atoms with Gasteiger partial charge < -0.3 is 4.74 Å². The minimum absolute atomic E-state index is 0.0652. The Morgan fingerprint density at radius 1 is 0.963 bits per heavy atom. The fourth-order valence-electron chi connectivity index (χ4n) is 5.07. The second-order valence-electron chi connectivity index (χ2n) is 8.72. The molecule has 3 heteroatoms. The summed E-state index contributed by atoms with van der Waals surface area (Å²) in [5, 5.41) is 0. The van der Waals surface area contributed by atoms with Crippen molar-refractivity contribution in [3.63, 3.8) is 0 Å². The molecule has 1 aromatic rings. The summed E-state index contributed by atoms with van der Waals surface area (Å²) in [4.78, 5) is 0. The first kappa shape index (κ1) is 20.4. The number of hydrogen-bond donors (Lipinski definition) is 0. The molecule has 0 amide bonds. The van der Waals surface area contributed by atoms with E-state index in [4.69, 9.17) is 4.74 Å². The molecule has 0 aromatic heterocycles. The molecular formula is C24H34F2O. The lowest BCUT2D eigenvalue weighted by Crippen LogP contribution is -2.24. The average molecular weight is 377 g/mol. The van der Waals surface area contributed by atoms with Gasteiger partial charge in [0.2, 0.25) is 5.82 Å². The van der Waals surface area contributed by atoms with Crippen LogP contribution in [0.3, 0.4) is 0 Å². The maximum atomic E-state index is 14.1. The van der Waals surface area contributed by atoms with Crippen molar-refractivity contribution >= 4 is 0 Å². The van der Waals surface area contributed by atoms with Gasteiger partial charge >= 0.3 is 0 Å². The van der Waals surface area contributed by atoms with Crippen LogP contribution in [0.2, 0.25) is 0 Å². The molecule has 0 aliphatic heterocycles. The van der Waals surface area contributed by atoms with Gasteiger partial charge in [-0.3, -0.25) is 0 Å². The van der Waals surface area contributed by atoms with Crippen molar-refractivity contribution in [2.45, 2.75) is 78.6 Å². The van der Waals surface area contributed by atoms with Crippen LogP contribution < -0.4 is 4.74 Å². The molecule has 3 rings (SSSR count). The van der Waals surface area contributed by atoms with Crippen LogP contribution in [0.25, 0.3) is 0 Å². The SMILES string of the molecule is CCCC1CCC(C2CC=C(COc3c(C)cc(C)c(F)c3F)CC2)CC1. The zero-order valence-electron chi connectivity index (χ0n) is 17.1. The summed E-state index contributed by atoms with van der Waals surface area (Å²) in [6, 6.07) is 1.65. The maximum absolute atomic E-state index is 14.1. The van der Waals surface area contributed by atoms with E-state index in [9.17, 15) is 8.78 Å². The van der Waals surface area contributed by atoms with Crippen LogP contribution in [0.4, 0.5) is 8.78 Å².